The molecule has 0 atom stereocenters. The van der Waals surface area contributed by atoms with Crippen LogP contribution in [0.4, 0.5) is 4.39 Å². The molecule has 0 aromatic heterocycles. The molecule has 1 aromatic carbocycles. The second-order valence-electron chi connectivity index (χ2n) is 3.50. The van der Waals surface area contributed by atoms with Crippen molar-refractivity contribution in [3.05, 3.63) is 35.6 Å². The fourth-order valence-electron chi connectivity index (χ4n) is 1.51. The van der Waals surface area contributed by atoms with Gasteiger partial charge < -0.3 is 10.0 Å². The fourth-order valence-corrected chi connectivity index (χ4v) is 1.51. The highest BCUT2D eigenvalue weighted by Crippen LogP contribution is 2.10. The first-order chi connectivity index (χ1) is 7.70. The van der Waals surface area contributed by atoms with Gasteiger partial charge >= 0.3 is 0 Å². The fraction of sp³-hybridized carbons (Fsp3) is 0.417. The van der Waals surface area contributed by atoms with Crippen molar-refractivity contribution in [2.45, 2.75) is 13.3 Å². The average Bonchev–Trinajstić information content (AvgIpc) is 2.28. The Labute approximate surface area is 94.5 Å². The number of aliphatic hydroxyl groups excluding tert-OH is 1. The largest absolute Gasteiger partial charge is 0.395 e. The summed E-state index contributed by atoms with van der Waals surface area (Å²) >= 11 is 0. The Kier molecular flexibility index (Phi) is 4.92. The number of carbonyl (C=O) groups excluding carboxylic acids is 1. The summed E-state index contributed by atoms with van der Waals surface area (Å²) in [6, 6.07) is 5.88. The Morgan fingerprint density at radius 3 is 2.62 bits per heavy atom. The zero-order chi connectivity index (χ0) is 12.0. The summed E-state index contributed by atoms with van der Waals surface area (Å²) in [5.41, 5.74) is 0.0596. The molecule has 0 spiro atoms. The molecule has 0 aliphatic rings. The second kappa shape index (κ2) is 6.23. The molecule has 16 heavy (non-hydrogen) atoms. The molecule has 1 aromatic rings. The number of carbonyl (C=O) groups is 1. The molecule has 88 valence electrons. The van der Waals surface area contributed by atoms with Crippen LogP contribution in [0.2, 0.25) is 0 Å². The van der Waals surface area contributed by atoms with Gasteiger partial charge in [0.2, 0.25) is 0 Å². The van der Waals surface area contributed by atoms with Gasteiger partial charge in [0.25, 0.3) is 5.91 Å². The van der Waals surface area contributed by atoms with Crippen LogP contribution in [-0.4, -0.2) is 35.6 Å². The van der Waals surface area contributed by atoms with E-state index in [-0.39, 0.29) is 24.6 Å². The predicted octanol–water partition coefficient (Wildman–Crippen LogP) is 1.67. The molecule has 0 unspecified atom stereocenters. The van der Waals surface area contributed by atoms with Crippen molar-refractivity contribution in [2.24, 2.45) is 0 Å². The van der Waals surface area contributed by atoms with E-state index in [0.29, 0.717) is 6.54 Å². The van der Waals surface area contributed by atoms with Crippen LogP contribution >= 0.6 is 0 Å². The van der Waals surface area contributed by atoms with Gasteiger partial charge in [-0.15, -0.1) is 0 Å². The Balaban J connectivity index is 2.85. The van der Waals surface area contributed by atoms with Gasteiger partial charge in [0.1, 0.15) is 5.82 Å². The lowest BCUT2D eigenvalue weighted by Gasteiger charge is -2.21. The van der Waals surface area contributed by atoms with Crippen LogP contribution in [0.1, 0.15) is 23.7 Å². The summed E-state index contributed by atoms with van der Waals surface area (Å²) in [5, 5.41) is 8.84. The molecule has 0 fully saturated rings. The average molecular weight is 225 g/mol. The molecule has 0 saturated heterocycles. The van der Waals surface area contributed by atoms with E-state index in [4.69, 9.17) is 5.11 Å². The van der Waals surface area contributed by atoms with Gasteiger partial charge in [-0.05, 0) is 18.6 Å². The summed E-state index contributed by atoms with van der Waals surface area (Å²) in [6.45, 7) is 2.58. The van der Waals surface area contributed by atoms with Gasteiger partial charge in [-0.2, -0.15) is 0 Å². The molecule has 4 heteroatoms. The molecule has 1 rings (SSSR count). The lowest BCUT2D eigenvalue weighted by molar-refractivity contribution is 0.0717. The molecule has 0 saturated carbocycles. The van der Waals surface area contributed by atoms with E-state index in [2.05, 4.69) is 0 Å². The van der Waals surface area contributed by atoms with Crippen molar-refractivity contribution < 1.29 is 14.3 Å². The van der Waals surface area contributed by atoms with Gasteiger partial charge in [0.05, 0.1) is 12.2 Å². The molecule has 0 radical (unpaired) electrons. The van der Waals surface area contributed by atoms with E-state index < -0.39 is 5.82 Å². The summed E-state index contributed by atoms with van der Waals surface area (Å²) in [5.74, 6) is -0.888. The van der Waals surface area contributed by atoms with Crippen LogP contribution < -0.4 is 0 Å². The standard InChI is InChI=1S/C12H16FNO2/c1-2-7-14(8-9-15)12(16)10-5-3-4-6-11(10)13/h3-6,15H,2,7-9H2,1H3. The first-order valence-electron chi connectivity index (χ1n) is 5.35. The van der Waals surface area contributed by atoms with E-state index in [0.717, 1.165) is 6.42 Å². The normalized spacial score (nSPS) is 10.2. The number of amides is 1. The minimum absolute atomic E-state index is 0.0596. The number of hydrogen-bond acceptors (Lipinski definition) is 2. The minimum Gasteiger partial charge on any atom is -0.395 e. The number of hydrogen-bond donors (Lipinski definition) is 1. The molecule has 1 N–H and O–H groups in total. The molecule has 0 heterocycles. The quantitative estimate of drug-likeness (QED) is 0.828. The third-order valence-electron chi connectivity index (χ3n) is 2.25. The van der Waals surface area contributed by atoms with Crippen LogP contribution in [0, 0.1) is 5.82 Å². The highest BCUT2D eigenvalue weighted by molar-refractivity contribution is 5.94. The third kappa shape index (κ3) is 3.03. The number of nitrogens with zero attached hydrogens (tertiary/aromatic N) is 1. The van der Waals surface area contributed by atoms with Gasteiger partial charge in [-0.1, -0.05) is 19.1 Å². The van der Waals surface area contributed by atoms with E-state index in [1.165, 1.54) is 17.0 Å². The lowest BCUT2D eigenvalue weighted by atomic mass is 10.2. The molecule has 3 nitrogen and oxygen atoms in total. The van der Waals surface area contributed by atoms with Crippen molar-refractivity contribution in [1.82, 2.24) is 4.90 Å². The number of rotatable bonds is 5. The maximum atomic E-state index is 13.4. The van der Waals surface area contributed by atoms with Crippen LogP contribution in [0.5, 0.6) is 0 Å². The summed E-state index contributed by atoms with van der Waals surface area (Å²) in [7, 11) is 0. The number of halogens is 1. The van der Waals surface area contributed by atoms with Crippen molar-refractivity contribution in [1.29, 1.82) is 0 Å². The molecule has 0 bridgehead atoms. The second-order valence-corrected chi connectivity index (χ2v) is 3.50. The van der Waals surface area contributed by atoms with Gasteiger partial charge in [-0.3, -0.25) is 4.79 Å². The zero-order valence-electron chi connectivity index (χ0n) is 9.32. The topological polar surface area (TPSA) is 40.5 Å². The van der Waals surface area contributed by atoms with Crippen molar-refractivity contribution in [3.63, 3.8) is 0 Å². The van der Waals surface area contributed by atoms with Crippen molar-refractivity contribution >= 4 is 5.91 Å². The maximum absolute atomic E-state index is 13.4. The monoisotopic (exact) mass is 225 g/mol. The first-order valence-corrected chi connectivity index (χ1v) is 5.35. The number of aliphatic hydroxyl groups is 1. The molecular weight excluding hydrogens is 209 g/mol. The van der Waals surface area contributed by atoms with Gasteiger partial charge in [0.15, 0.2) is 0 Å². The van der Waals surface area contributed by atoms with Crippen LogP contribution in [0.15, 0.2) is 24.3 Å². The first kappa shape index (κ1) is 12.6. The van der Waals surface area contributed by atoms with E-state index in [1.807, 2.05) is 6.92 Å². The smallest absolute Gasteiger partial charge is 0.256 e. The van der Waals surface area contributed by atoms with Crippen molar-refractivity contribution in [3.8, 4) is 0 Å². The molecule has 0 aliphatic heterocycles. The Hall–Kier alpha value is -1.42. The van der Waals surface area contributed by atoms with Gasteiger partial charge in [-0.25, -0.2) is 4.39 Å². The van der Waals surface area contributed by atoms with E-state index in [1.54, 1.807) is 12.1 Å². The van der Waals surface area contributed by atoms with Crippen LogP contribution in [0.3, 0.4) is 0 Å². The Bertz CT molecular complexity index is 349. The third-order valence-corrected chi connectivity index (χ3v) is 2.25. The lowest BCUT2D eigenvalue weighted by Crippen LogP contribution is -2.34. The van der Waals surface area contributed by atoms with Crippen LogP contribution in [-0.2, 0) is 0 Å². The van der Waals surface area contributed by atoms with E-state index >= 15 is 0 Å². The highest BCUT2D eigenvalue weighted by atomic mass is 19.1. The predicted molar refractivity (Wildman–Crippen MR) is 59.7 cm³/mol. The minimum atomic E-state index is -0.522. The SMILES string of the molecule is CCCN(CCO)C(=O)c1ccccc1F. The number of benzene rings is 1. The molecular formula is C12H16FNO2. The molecule has 1 amide bonds. The highest BCUT2D eigenvalue weighted by Gasteiger charge is 2.17. The summed E-state index contributed by atoms with van der Waals surface area (Å²) in [6.07, 6.45) is 0.778. The summed E-state index contributed by atoms with van der Waals surface area (Å²) < 4.78 is 13.4. The van der Waals surface area contributed by atoms with Crippen LogP contribution in [0.25, 0.3) is 0 Å². The maximum Gasteiger partial charge on any atom is 0.256 e. The summed E-state index contributed by atoms with van der Waals surface area (Å²) in [4.78, 5) is 13.4. The van der Waals surface area contributed by atoms with E-state index in [9.17, 15) is 9.18 Å². The van der Waals surface area contributed by atoms with Gasteiger partial charge in [0, 0.05) is 13.1 Å². The van der Waals surface area contributed by atoms with Crippen molar-refractivity contribution in [2.75, 3.05) is 19.7 Å². The zero-order valence-corrected chi connectivity index (χ0v) is 9.32. The Morgan fingerprint density at radius 2 is 2.06 bits per heavy atom. The molecule has 0 aliphatic carbocycles. The Morgan fingerprint density at radius 1 is 1.38 bits per heavy atom.